The SMILES string of the molecule is CC1CC=CC=C1Nc1ccc2c(c1)C(C)(C)c1ccccc1-2. The van der Waals surface area contributed by atoms with Gasteiger partial charge in [-0.15, -0.1) is 0 Å². The summed E-state index contributed by atoms with van der Waals surface area (Å²) in [6.45, 7) is 6.93. The van der Waals surface area contributed by atoms with E-state index in [1.807, 2.05) is 0 Å². The van der Waals surface area contributed by atoms with E-state index in [1.165, 1.54) is 33.6 Å². The highest BCUT2D eigenvalue weighted by Crippen LogP contribution is 2.49. The van der Waals surface area contributed by atoms with Crippen LogP contribution in [0.15, 0.2) is 66.4 Å². The van der Waals surface area contributed by atoms with Crippen LogP contribution in [0.25, 0.3) is 11.1 Å². The molecule has 1 heteroatoms. The van der Waals surface area contributed by atoms with Gasteiger partial charge in [-0.3, -0.25) is 0 Å². The first-order chi connectivity index (χ1) is 11.1. The summed E-state index contributed by atoms with van der Waals surface area (Å²) >= 11 is 0. The number of hydrogen-bond donors (Lipinski definition) is 1. The highest BCUT2D eigenvalue weighted by molar-refractivity contribution is 5.82. The molecule has 1 N–H and O–H groups in total. The van der Waals surface area contributed by atoms with Crippen LogP contribution in [0.4, 0.5) is 5.69 Å². The van der Waals surface area contributed by atoms with Crippen LogP contribution in [0, 0.1) is 5.92 Å². The molecule has 0 bridgehead atoms. The predicted molar refractivity (Wildman–Crippen MR) is 98.6 cm³/mol. The van der Waals surface area contributed by atoms with Crippen molar-refractivity contribution >= 4 is 5.69 Å². The molecule has 0 aromatic heterocycles. The summed E-state index contributed by atoms with van der Waals surface area (Å²) in [5, 5.41) is 3.63. The van der Waals surface area contributed by atoms with E-state index in [2.05, 4.69) is 86.8 Å². The molecule has 23 heavy (non-hydrogen) atoms. The van der Waals surface area contributed by atoms with Gasteiger partial charge in [0.2, 0.25) is 0 Å². The summed E-state index contributed by atoms with van der Waals surface area (Å²) < 4.78 is 0. The van der Waals surface area contributed by atoms with Crippen molar-refractivity contribution in [2.24, 2.45) is 5.92 Å². The number of hydrogen-bond acceptors (Lipinski definition) is 1. The third-order valence-corrected chi connectivity index (χ3v) is 5.30. The molecule has 2 aliphatic carbocycles. The first kappa shape index (κ1) is 14.3. The number of nitrogens with one attached hydrogen (secondary N) is 1. The summed E-state index contributed by atoms with van der Waals surface area (Å²) in [6, 6.07) is 15.6. The molecule has 1 nitrogen and oxygen atoms in total. The fourth-order valence-electron chi connectivity index (χ4n) is 3.86. The van der Waals surface area contributed by atoms with E-state index in [0.29, 0.717) is 5.92 Å². The Morgan fingerprint density at radius 2 is 1.78 bits per heavy atom. The normalized spacial score (nSPS) is 20.7. The molecule has 1 atom stereocenters. The minimum Gasteiger partial charge on any atom is -0.359 e. The van der Waals surface area contributed by atoms with Gasteiger partial charge < -0.3 is 5.32 Å². The maximum Gasteiger partial charge on any atom is 0.0385 e. The third-order valence-electron chi connectivity index (χ3n) is 5.30. The Labute approximate surface area is 138 Å². The van der Waals surface area contributed by atoms with E-state index in [0.717, 1.165) is 6.42 Å². The van der Waals surface area contributed by atoms with Gasteiger partial charge in [0.05, 0.1) is 0 Å². The second-order valence-corrected chi connectivity index (χ2v) is 7.24. The number of allylic oxidation sites excluding steroid dienone is 4. The van der Waals surface area contributed by atoms with Crippen LogP contribution < -0.4 is 5.32 Å². The van der Waals surface area contributed by atoms with Crippen molar-refractivity contribution in [1.82, 2.24) is 0 Å². The molecular formula is C22H23N. The molecule has 2 aliphatic rings. The lowest BCUT2D eigenvalue weighted by Crippen LogP contribution is -2.16. The molecule has 116 valence electrons. The zero-order valence-electron chi connectivity index (χ0n) is 14.1. The van der Waals surface area contributed by atoms with Crippen molar-refractivity contribution in [3.05, 3.63) is 77.5 Å². The maximum absolute atomic E-state index is 3.63. The Bertz CT molecular complexity index is 824. The van der Waals surface area contributed by atoms with Gasteiger partial charge in [-0.25, -0.2) is 0 Å². The van der Waals surface area contributed by atoms with Crippen molar-refractivity contribution in [3.8, 4) is 11.1 Å². The quantitative estimate of drug-likeness (QED) is 0.730. The Balaban J connectivity index is 1.74. The molecule has 2 aromatic rings. The molecule has 0 saturated carbocycles. The van der Waals surface area contributed by atoms with Crippen molar-refractivity contribution in [2.45, 2.75) is 32.6 Å². The van der Waals surface area contributed by atoms with E-state index in [1.54, 1.807) is 0 Å². The fraction of sp³-hybridized carbons (Fsp3) is 0.273. The molecule has 0 aliphatic heterocycles. The van der Waals surface area contributed by atoms with Crippen LogP contribution in [0.3, 0.4) is 0 Å². The summed E-state index contributed by atoms with van der Waals surface area (Å²) in [4.78, 5) is 0. The second kappa shape index (κ2) is 5.13. The Hall–Kier alpha value is -2.28. The molecule has 0 saturated heterocycles. The smallest absolute Gasteiger partial charge is 0.0385 e. The first-order valence-corrected chi connectivity index (χ1v) is 8.45. The number of rotatable bonds is 2. The van der Waals surface area contributed by atoms with Crippen LogP contribution >= 0.6 is 0 Å². The van der Waals surface area contributed by atoms with Crippen molar-refractivity contribution < 1.29 is 0 Å². The summed E-state index contributed by atoms with van der Waals surface area (Å²) in [5.74, 6) is 0.554. The number of benzene rings is 2. The minimum absolute atomic E-state index is 0.0656. The Morgan fingerprint density at radius 3 is 2.61 bits per heavy atom. The third kappa shape index (κ3) is 2.23. The van der Waals surface area contributed by atoms with Crippen molar-refractivity contribution in [3.63, 3.8) is 0 Å². The second-order valence-electron chi connectivity index (χ2n) is 7.24. The van der Waals surface area contributed by atoms with Crippen LogP contribution in [-0.2, 0) is 5.41 Å². The molecule has 0 amide bonds. The zero-order valence-corrected chi connectivity index (χ0v) is 14.1. The van der Waals surface area contributed by atoms with Crippen molar-refractivity contribution in [1.29, 1.82) is 0 Å². The van der Waals surface area contributed by atoms with Crippen molar-refractivity contribution in [2.75, 3.05) is 5.32 Å². The van der Waals surface area contributed by atoms with E-state index < -0.39 is 0 Å². The first-order valence-electron chi connectivity index (χ1n) is 8.45. The van der Waals surface area contributed by atoms with Gasteiger partial charge in [0.15, 0.2) is 0 Å². The molecule has 0 spiro atoms. The van der Waals surface area contributed by atoms with Crippen LogP contribution in [0.5, 0.6) is 0 Å². The van der Waals surface area contributed by atoms with Crippen LogP contribution in [0.1, 0.15) is 38.3 Å². The van der Waals surface area contributed by atoms with Crippen LogP contribution in [0.2, 0.25) is 0 Å². The molecule has 4 rings (SSSR count). The van der Waals surface area contributed by atoms with E-state index >= 15 is 0 Å². The van der Waals surface area contributed by atoms with Crippen LogP contribution in [-0.4, -0.2) is 0 Å². The molecule has 0 radical (unpaired) electrons. The standard InChI is InChI=1S/C22H23N/c1-15-8-4-7-11-21(15)23-16-12-13-18-17-9-5-6-10-19(17)22(2,3)20(18)14-16/h4-7,9-15,23H,8H2,1-3H3. The Morgan fingerprint density at radius 1 is 1.00 bits per heavy atom. The van der Waals surface area contributed by atoms with E-state index in [9.17, 15) is 0 Å². The zero-order chi connectivity index (χ0) is 16.0. The van der Waals surface area contributed by atoms with Gasteiger partial charge in [-0.2, -0.15) is 0 Å². The highest BCUT2D eigenvalue weighted by Gasteiger charge is 2.35. The molecule has 0 fully saturated rings. The highest BCUT2D eigenvalue weighted by atomic mass is 14.9. The van der Waals surface area contributed by atoms with Gasteiger partial charge in [-0.05, 0) is 52.8 Å². The van der Waals surface area contributed by atoms with E-state index in [4.69, 9.17) is 0 Å². The predicted octanol–water partition coefficient (Wildman–Crippen LogP) is 5.88. The lowest BCUT2D eigenvalue weighted by molar-refractivity contribution is 0.660. The van der Waals surface area contributed by atoms with E-state index in [-0.39, 0.29) is 5.41 Å². The largest absolute Gasteiger partial charge is 0.359 e. The van der Waals surface area contributed by atoms with Gasteiger partial charge in [0.25, 0.3) is 0 Å². The Kier molecular flexibility index (Phi) is 3.19. The summed E-state index contributed by atoms with van der Waals surface area (Å²) in [7, 11) is 0. The maximum atomic E-state index is 3.63. The molecule has 0 heterocycles. The average molecular weight is 301 g/mol. The lowest BCUT2D eigenvalue weighted by atomic mass is 9.82. The summed E-state index contributed by atoms with van der Waals surface area (Å²) in [6.07, 6.45) is 7.69. The molecule has 1 unspecified atom stereocenters. The molecule has 2 aromatic carbocycles. The average Bonchev–Trinajstić information content (AvgIpc) is 2.78. The van der Waals surface area contributed by atoms with Gasteiger partial charge in [0, 0.05) is 16.8 Å². The fourth-order valence-corrected chi connectivity index (χ4v) is 3.86. The summed E-state index contributed by atoms with van der Waals surface area (Å²) in [5.41, 5.74) is 8.17. The van der Waals surface area contributed by atoms with Gasteiger partial charge in [-0.1, -0.05) is 63.3 Å². The monoisotopic (exact) mass is 301 g/mol. The van der Waals surface area contributed by atoms with Gasteiger partial charge in [0.1, 0.15) is 0 Å². The topological polar surface area (TPSA) is 12.0 Å². The minimum atomic E-state index is 0.0656. The van der Waals surface area contributed by atoms with Gasteiger partial charge >= 0.3 is 0 Å². The number of fused-ring (bicyclic) bond motifs is 3. The lowest BCUT2D eigenvalue weighted by Gasteiger charge is -2.23. The number of anilines is 1. The molecular weight excluding hydrogens is 278 g/mol.